The van der Waals surface area contributed by atoms with Gasteiger partial charge in [0.2, 0.25) is 0 Å². The lowest BCUT2D eigenvalue weighted by molar-refractivity contribution is 0.0611. The highest BCUT2D eigenvalue weighted by Crippen LogP contribution is 2.48. The van der Waals surface area contributed by atoms with Crippen molar-refractivity contribution in [2.75, 3.05) is 0 Å². The van der Waals surface area contributed by atoms with Crippen molar-refractivity contribution in [3.05, 3.63) is 99.8 Å². The van der Waals surface area contributed by atoms with Crippen molar-refractivity contribution in [1.29, 1.82) is 0 Å². The summed E-state index contributed by atoms with van der Waals surface area (Å²) in [4.78, 5) is 14.4. The van der Waals surface area contributed by atoms with Crippen molar-refractivity contribution >= 4 is 28.0 Å². The van der Waals surface area contributed by atoms with E-state index in [4.69, 9.17) is 9.47 Å². The fourth-order valence-electron chi connectivity index (χ4n) is 6.90. The zero-order valence-corrected chi connectivity index (χ0v) is 31.3. The Morgan fingerprint density at radius 1 is 0.731 bits per heavy atom. The van der Waals surface area contributed by atoms with Gasteiger partial charge in [0.25, 0.3) is 0 Å². The number of rotatable bonds is 14. The summed E-state index contributed by atoms with van der Waals surface area (Å²) in [5.74, 6) is 0.359. The van der Waals surface area contributed by atoms with Crippen LogP contribution in [-0.4, -0.2) is 41.1 Å². The number of carbonyl (C=O) groups excluding carboxylic acids is 1. The third-order valence-corrected chi connectivity index (χ3v) is 10.2. The fourth-order valence-corrected chi connectivity index (χ4v) is 6.90. The molecule has 0 atom stereocenters. The van der Waals surface area contributed by atoms with E-state index in [1.165, 1.54) is 11.1 Å². The summed E-state index contributed by atoms with van der Waals surface area (Å²) in [6, 6.07) is 15.0. The molecule has 4 aromatic carbocycles. The largest absolute Gasteiger partial charge is 0.507 e. The first-order chi connectivity index (χ1) is 25.1. The second-order valence-corrected chi connectivity index (χ2v) is 13.5. The van der Waals surface area contributed by atoms with Crippen LogP contribution in [0.3, 0.4) is 0 Å². The van der Waals surface area contributed by atoms with E-state index in [1.807, 2.05) is 55.5 Å². The predicted molar refractivity (Wildman–Crippen MR) is 205 cm³/mol. The Labute approximate surface area is 305 Å². The molecule has 0 spiro atoms. The molecule has 10 nitrogen and oxygen atoms in total. The van der Waals surface area contributed by atoms with Gasteiger partial charge < -0.3 is 14.6 Å². The molecule has 0 aliphatic heterocycles. The smallest absolute Gasteiger partial charge is 0.349 e. The molecule has 2 aromatic heterocycles. The van der Waals surface area contributed by atoms with Gasteiger partial charge in [0.15, 0.2) is 5.75 Å². The second kappa shape index (κ2) is 15.4. The summed E-state index contributed by atoms with van der Waals surface area (Å²) in [6.45, 7) is 18.7. The quantitative estimate of drug-likeness (QED) is 0.0678. The predicted octanol–water partition coefficient (Wildman–Crippen LogP) is 10.0. The lowest BCUT2D eigenvalue weighted by atomic mass is 9.90. The molecule has 0 unspecified atom stereocenters. The molecule has 270 valence electrons. The van der Waals surface area contributed by atoms with Crippen LogP contribution >= 0.6 is 0 Å². The third kappa shape index (κ3) is 6.53. The van der Waals surface area contributed by atoms with Crippen molar-refractivity contribution in [2.24, 2.45) is 0 Å². The molecule has 0 saturated carbocycles. The zero-order valence-electron chi connectivity index (χ0n) is 31.3. The third-order valence-electron chi connectivity index (χ3n) is 10.2. The van der Waals surface area contributed by atoms with E-state index in [0.717, 1.165) is 61.0 Å². The van der Waals surface area contributed by atoms with Gasteiger partial charge in [0.1, 0.15) is 45.2 Å². The molecule has 0 radical (unpaired) electrons. The number of hydrogen-bond donors (Lipinski definition) is 1. The van der Waals surface area contributed by atoms with Crippen LogP contribution in [0.5, 0.6) is 17.2 Å². The maximum absolute atomic E-state index is 14.4. The lowest BCUT2D eigenvalue weighted by Gasteiger charge is -2.26. The van der Waals surface area contributed by atoms with E-state index < -0.39 is 5.97 Å². The Bertz CT molecular complexity index is 2300. The van der Waals surface area contributed by atoms with Crippen LogP contribution < -0.4 is 4.74 Å². The van der Waals surface area contributed by atoms with Gasteiger partial charge in [0.05, 0.1) is 11.0 Å². The number of hydrogen-bond acceptors (Lipinski definition) is 8. The number of phenols is 1. The highest BCUT2D eigenvalue weighted by atomic mass is 16.5. The number of allylic oxidation sites excluding steroid dienone is 1. The van der Waals surface area contributed by atoms with Crippen LogP contribution in [-0.2, 0) is 17.6 Å². The molecule has 0 bridgehead atoms. The van der Waals surface area contributed by atoms with Crippen LogP contribution in [0.1, 0.15) is 103 Å². The Kier molecular flexibility index (Phi) is 10.7. The summed E-state index contributed by atoms with van der Waals surface area (Å²) in [7, 11) is 0. The van der Waals surface area contributed by atoms with Crippen molar-refractivity contribution < 1.29 is 19.4 Å². The Balaban J connectivity index is 1.74. The lowest BCUT2D eigenvalue weighted by Crippen LogP contribution is -2.18. The first-order valence-corrected chi connectivity index (χ1v) is 18.3. The van der Waals surface area contributed by atoms with Crippen LogP contribution in [0.25, 0.3) is 33.4 Å². The van der Waals surface area contributed by atoms with E-state index in [1.54, 1.807) is 9.36 Å². The topological polar surface area (TPSA) is 117 Å². The minimum atomic E-state index is -0.762. The summed E-state index contributed by atoms with van der Waals surface area (Å²) < 4.78 is 16.4. The minimum absolute atomic E-state index is 0.0923. The number of esters is 1. The van der Waals surface area contributed by atoms with Crippen molar-refractivity contribution in [3.8, 4) is 28.6 Å². The van der Waals surface area contributed by atoms with E-state index in [9.17, 15) is 9.90 Å². The number of fused-ring (bicyclic) bond motifs is 2. The van der Waals surface area contributed by atoms with E-state index >= 15 is 0 Å². The van der Waals surface area contributed by atoms with Gasteiger partial charge in [-0.3, -0.25) is 0 Å². The van der Waals surface area contributed by atoms with Gasteiger partial charge in [-0.2, -0.15) is 0 Å². The van der Waals surface area contributed by atoms with E-state index in [-0.39, 0.29) is 17.0 Å². The van der Waals surface area contributed by atoms with Gasteiger partial charge in [0, 0.05) is 12.0 Å². The van der Waals surface area contributed by atoms with Crippen LogP contribution in [0.2, 0.25) is 0 Å². The maximum atomic E-state index is 14.4. The Morgan fingerprint density at radius 2 is 1.31 bits per heavy atom. The summed E-state index contributed by atoms with van der Waals surface area (Å²) in [6.07, 6.45) is 6.47. The minimum Gasteiger partial charge on any atom is -0.507 e. The first kappa shape index (κ1) is 36.3. The normalized spacial score (nSPS) is 11.4. The van der Waals surface area contributed by atoms with Gasteiger partial charge in [-0.15, -0.1) is 10.2 Å². The summed E-state index contributed by atoms with van der Waals surface area (Å²) >= 11 is 0. The SMILES string of the molecule is C=C(CCCCC)OC(=O)c1c(O)c(CC)c(Oc2c(C)c(C)c(C)c(C)c2CCCC)c(-n2nnc3ccccc32)c1-n1nnc2ccccc21. The molecule has 0 fully saturated rings. The molecule has 0 saturated heterocycles. The van der Waals surface area contributed by atoms with Crippen LogP contribution in [0.15, 0.2) is 60.9 Å². The molecular formula is C42H48N6O4. The molecule has 52 heavy (non-hydrogen) atoms. The second-order valence-electron chi connectivity index (χ2n) is 13.5. The molecule has 0 aliphatic rings. The first-order valence-electron chi connectivity index (χ1n) is 18.3. The summed E-state index contributed by atoms with van der Waals surface area (Å²) in [5, 5.41) is 30.5. The monoisotopic (exact) mass is 700 g/mol. The number of para-hydroxylation sites is 2. The Hall–Kier alpha value is -5.51. The number of nitrogens with zero attached hydrogens (tertiary/aromatic N) is 6. The molecule has 2 heterocycles. The van der Waals surface area contributed by atoms with E-state index in [2.05, 4.69) is 68.7 Å². The van der Waals surface area contributed by atoms with Crippen LogP contribution in [0.4, 0.5) is 0 Å². The molecule has 1 N–H and O–H groups in total. The highest BCUT2D eigenvalue weighted by Gasteiger charge is 2.35. The van der Waals surface area contributed by atoms with Crippen molar-refractivity contribution in [3.63, 3.8) is 0 Å². The molecule has 6 aromatic rings. The van der Waals surface area contributed by atoms with E-state index in [0.29, 0.717) is 57.7 Å². The zero-order chi connectivity index (χ0) is 37.1. The number of aromatic nitrogens is 6. The number of benzene rings is 4. The number of carbonyl (C=O) groups is 1. The molecule has 6 rings (SSSR count). The average molecular weight is 701 g/mol. The molecule has 10 heteroatoms. The average Bonchev–Trinajstić information content (AvgIpc) is 3.77. The standard InChI is InChI=1S/C42H48N6O4/c1-9-12-14-19-25(4)51-42(50)36-37(47-34-23-17-15-21-32(34)43-45-47)38(48-35-24-18-16-22-33(35)44-46-48)41(30(11-3)39(36)49)52-40-29(8)27(6)26(5)28(7)31(40)20-13-10-2/h15-18,21-24,49H,4,9-14,19-20H2,1-3,5-8H3. The van der Waals surface area contributed by atoms with Crippen molar-refractivity contribution in [2.45, 2.75) is 99.8 Å². The molecule has 0 amide bonds. The van der Waals surface area contributed by atoms with Gasteiger partial charge >= 0.3 is 5.97 Å². The molecule has 0 aliphatic carbocycles. The summed E-state index contributed by atoms with van der Waals surface area (Å²) in [5.41, 5.74) is 9.08. The fraction of sp³-hybridized carbons (Fsp3) is 0.357. The van der Waals surface area contributed by atoms with Crippen LogP contribution in [0, 0.1) is 27.7 Å². The number of aromatic hydroxyl groups is 1. The Morgan fingerprint density at radius 3 is 1.90 bits per heavy atom. The van der Waals surface area contributed by atoms with Crippen molar-refractivity contribution in [1.82, 2.24) is 30.0 Å². The highest BCUT2D eigenvalue weighted by molar-refractivity contribution is 6.02. The molecular weight excluding hydrogens is 652 g/mol. The van der Waals surface area contributed by atoms with Gasteiger partial charge in [-0.05, 0) is 105 Å². The number of unbranched alkanes of at least 4 members (excludes halogenated alkanes) is 3. The number of ether oxygens (including phenoxy) is 2. The maximum Gasteiger partial charge on any atom is 0.349 e. The van der Waals surface area contributed by atoms with Gasteiger partial charge in [-0.25, -0.2) is 14.2 Å². The van der Waals surface area contributed by atoms with Gasteiger partial charge in [-0.1, -0.05) is 81.3 Å². The number of phenolic OH excluding ortho intramolecular Hbond substituents is 1.